The van der Waals surface area contributed by atoms with E-state index in [0.717, 1.165) is 31.2 Å². The lowest BCUT2D eigenvalue weighted by atomic mass is 9.98. The number of carbonyl (C=O) groups is 1. The summed E-state index contributed by atoms with van der Waals surface area (Å²) in [5.74, 6) is 0.827. The Bertz CT molecular complexity index is 542. The number of hydrogen-bond acceptors (Lipinski definition) is 3. The molecular formula is C15H15BrO2S. The monoisotopic (exact) mass is 338 g/mol. The van der Waals surface area contributed by atoms with E-state index in [1.54, 1.807) is 11.8 Å². The molecule has 1 aromatic carbocycles. The minimum Gasteiger partial charge on any atom is -0.477 e. The van der Waals surface area contributed by atoms with Gasteiger partial charge < -0.3 is 4.74 Å². The van der Waals surface area contributed by atoms with Gasteiger partial charge in [0, 0.05) is 10.5 Å². The molecule has 1 spiro atoms. The first-order chi connectivity index (χ1) is 9.16. The average molecular weight is 339 g/mol. The summed E-state index contributed by atoms with van der Waals surface area (Å²) in [6.45, 7) is 0. The number of halogens is 1. The minimum atomic E-state index is -0.577. The van der Waals surface area contributed by atoms with E-state index in [0.29, 0.717) is 10.2 Å². The Morgan fingerprint density at radius 1 is 1.21 bits per heavy atom. The van der Waals surface area contributed by atoms with Crippen LogP contribution in [0.5, 0.6) is 0 Å². The van der Waals surface area contributed by atoms with Gasteiger partial charge in [-0.25, -0.2) is 0 Å². The van der Waals surface area contributed by atoms with Crippen LogP contribution in [0.3, 0.4) is 0 Å². The fourth-order valence-corrected chi connectivity index (χ4v) is 3.87. The van der Waals surface area contributed by atoms with Crippen LogP contribution >= 0.6 is 27.7 Å². The van der Waals surface area contributed by atoms with Crippen molar-refractivity contribution in [1.29, 1.82) is 0 Å². The van der Waals surface area contributed by atoms with Gasteiger partial charge in [-0.2, -0.15) is 0 Å². The van der Waals surface area contributed by atoms with Gasteiger partial charge >= 0.3 is 0 Å². The molecule has 0 saturated heterocycles. The van der Waals surface area contributed by atoms with E-state index in [1.807, 2.05) is 18.4 Å². The molecule has 1 heterocycles. The molecular weight excluding hydrogens is 324 g/mol. The first-order valence-corrected chi connectivity index (χ1v) is 8.46. The molecule has 2 aliphatic rings. The first kappa shape index (κ1) is 13.3. The van der Waals surface area contributed by atoms with Crippen LogP contribution in [0.1, 0.15) is 31.2 Å². The van der Waals surface area contributed by atoms with Crippen molar-refractivity contribution in [1.82, 2.24) is 0 Å². The van der Waals surface area contributed by atoms with Gasteiger partial charge in [0.1, 0.15) is 10.2 Å². The number of ketones is 1. The molecule has 19 heavy (non-hydrogen) atoms. The maximum atomic E-state index is 12.4. The second-order valence-electron chi connectivity index (χ2n) is 5.00. The van der Waals surface area contributed by atoms with Crippen molar-refractivity contribution < 1.29 is 9.53 Å². The zero-order valence-electron chi connectivity index (χ0n) is 10.7. The number of rotatable bonds is 2. The van der Waals surface area contributed by atoms with E-state index >= 15 is 0 Å². The number of benzene rings is 1. The maximum Gasteiger partial charge on any atom is 0.217 e. The van der Waals surface area contributed by atoms with Gasteiger partial charge in [0.25, 0.3) is 0 Å². The maximum absolute atomic E-state index is 12.4. The molecule has 0 radical (unpaired) electrons. The van der Waals surface area contributed by atoms with E-state index < -0.39 is 5.60 Å². The van der Waals surface area contributed by atoms with Crippen molar-refractivity contribution in [2.45, 2.75) is 36.2 Å². The van der Waals surface area contributed by atoms with E-state index in [2.05, 4.69) is 28.1 Å². The summed E-state index contributed by atoms with van der Waals surface area (Å²) in [7, 11) is 0. The van der Waals surface area contributed by atoms with Gasteiger partial charge in [-0.15, -0.1) is 11.8 Å². The van der Waals surface area contributed by atoms with Crippen LogP contribution < -0.4 is 0 Å². The van der Waals surface area contributed by atoms with Crippen LogP contribution in [-0.4, -0.2) is 17.6 Å². The largest absolute Gasteiger partial charge is 0.477 e. The molecule has 3 rings (SSSR count). The van der Waals surface area contributed by atoms with Crippen molar-refractivity contribution in [2.75, 3.05) is 6.26 Å². The van der Waals surface area contributed by atoms with Gasteiger partial charge in [0.15, 0.2) is 5.60 Å². The summed E-state index contributed by atoms with van der Waals surface area (Å²) in [6.07, 6.45) is 5.88. The third-order valence-corrected chi connectivity index (χ3v) is 5.34. The van der Waals surface area contributed by atoms with Gasteiger partial charge in [-0.3, -0.25) is 4.79 Å². The van der Waals surface area contributed by atoms with Gasteiger partial charge in [0.2, 0.25) is 5.78 Å². The zero-order chi connectivity index (χ0) is 13.5. The summed E-state index contributed by atoms with van der Waals surface area (Å²) >= 11 is 5.13. The number of thioether (sulfide) groups is 1. The lowest BCUT2D eigenvalue weighted by Gasteiger charge is -2.22. The van der Waals surface area contributed by atoms with E-state index in [1.165, 1.54) is 4.90 Å². The molecule has 4 heteroatoms. The number of carbonyl (C=O) groups excluding carboxylic acids is 1. The molecule has 0 aromatic heterocycles. The third kappa shape index (κ3) is 2.15. The van der Waals surface area contributed by atoms with Crippen molar-refractivity contribution in [3.05, 3.63) is 34.3 Å². The summed E-state index contributed by atoms with van der Waals surface area (Å²) in [5, 5.41) is 0. The number of hydrogen-bond donors (Lipinski definition) is 0. The standard InChI is InChI=1S/C15H15BrO2S/c1-19-11-6-4-10(5-7-11)13-12(16)14(17)15(18-13)8-2-3-9-15/h4-7H,2-3,8-9H2,1H3. The van der Waals surface area contributed by atoms with Crippen LogP contribution in [-0.2, 0) is 9.53 Å². The number of Topliss-reactive ketones (excluding diaryl/α,β-unsaturated/α-hetero) is 1. The van der Waals surface area contributed by atoms with Gasteiger partial charge in [-0.05, 0) is 60.0 Å². The second-order valence-corrected chi connectivity index (χ2v) is 6.68. The highest BCUT2D eigenvalue weighted by atomic mass is 79.9. The average Bonchev–Trinajstić information content (AvgIpc) is 3.01. The predicted molar refractivity (Wildman–Crippen MR) is 81.4 cm³/mol. The van der Waals surface area contributed by atoms with E-state index in [4.69, 9.17) is 4.74 Å². The molecule has 0 N–H and O–H groups in total. The predicted octanol–water partition coefficient (Wildman–Crippen LogP) is 4.38. The molecule has 2 nitrogen and oxygen atoms in total. The van der Waals surface area contributed by atoms with E-state index in [-0.39, 0.29) is 5.78 Å². The summed E-state index contributed by atoms with van der Waals surface area (Å²) in [4.78, 5) is 13.6. The second kappa shape index (κ2) is 4.98. The van der Waals surface area contributed by atoms with Crippen molar-refractivity contribution in [2.24, 2.45) is 0 Å². The quantitative estimate of drug-likeness (QED) is 0.748. The van der Waals surface area contributed by atoms with Gasteiger partial charge in [0.05, 0.1) is 0 Å². The molecule has 1 aliphatic carbocycles. The van der Waals surface area contributed by atoms with Crippen LogP contribution in [0.25, 0.3) is 5.76 Å². The first-order valence-electron chi connectivity index (χ1n) is 6.44. The molecule has 100 valence electrons. The molecule has 0 unspecified atom stereocenters. The SMILES string of the molecule is CSc1ccc(C2=C(Br)C(=O)C3(CCCC3)O2)cc1. The fraction of sp³-hybridized carbons (Fsp3) is 0.400. The number of ether oxygens (including phenoxy) is 1. The lowest BCUT2D eigenvalue weighted by molar-refractivity contribution is -0.128. The Kier molecular flexibility index (Phi) is 3.48. The Labute approximate surface area is 125 Å². The highest BCUT2D eigenvalue weighted by Crippen LogP contribution is 2.47. The smallest absolute Gasteiger partial charge is 0.217 e. The molecule has 1 saturated carbocycles. The Hall–Kier alpha value is -0.740. The Morgan fingerprint density at radius 3 is 2.42 bits per heavy atom. The van der Waals surface area contributed by atoms with E-state index in [9.17, 15) is 4.79 Å². The zero-order valence-corrected chi connectivity index (χ0v) is 13.1. The lowest BCUT2D eigenvalue weighted by Crippen LogP contribution is -2.33. The van der Waals surface area contributed by atoms with Crippen LogP contribution in [0, 0.1) is 0 Å². The molecule has 0 bridgehead atoms. The van der Waals surface area contributed by atoms with Crippen LogP contribution in [0.4, 0.5) is 0 Å². The van der Waals surface area contributed by atoms with Crippen LogP contribution in [0.2, 0.25) is 0 Å². The molecule has 1 fully saturated rings. The van der Waals surface area contributed by atoms with Gasteiger partial charge in [-0.1, -0.05) is 12.1 Å². The molecule has 0 atom stereocenters. The topological polar surface area (TPSA) is 26.3 Å². The van der Waals surface area contributed by atoms with Crippen molar-refractivity contribution >= 4 is 39.2 Å². The Balaban J connectivity index is 1.94. The molecule has 1 aromatic rings. The molecule has 1 aliphatic heterocycles. The Morgan fingerprint density at radius 2 is 1.84 bits per heavy atom. The minimum absolute atomic E-state index is 0.119. The normalized spacial score (nSPS) is 21.3. The summed E-state index contributed by atoms with van der Waals surface area (Å²) in [5.41, 5.74) is 0.397. The fourth-order valence-electron chi connectivity index (χ4n) is 2.79. The van der Waals surface area contributed by atoms with Crippen molar-refractivity contribution in [3.63, 3.8) is 0 Å². The highest BCUT2D eigenvalue weighted by Gasteiger charge is 2.50. The summed E-state index contributed by atoms with van der Waals surface area (Å²) in [6, 6.07) is 8.15. The highest BCUT2D eigenvalue weighted by molar-refractivity contribution is 9.12. The third-order valence-electron chi connectivity index (χ3n) is 3.87. The molecule has 0 amide bonds. The summed E-state index contributed by atoms with van der Waals surface area (Å²) < 4.78 is 6.67. The van der Waals surface area contributed by atoms with Crippen molar-refractivity contribution in [3.8, 4) is 0 Å². The van der Waals surface area contributed by atoms with Crippen LogP contribution in [0.15, 0.2) is 33.6 Å².